The van der Waals surface area contributed by atoms with Gasteiger partial charge in [-0.25, -0.2) is 4.79 Å². The summed E-state index contributed by atoms with van der Waals surface area (Å²) in [5.41, 5.74) is 0.525. The van der Waals surface area contributed by atoms with E-state index in [0.29, 0.717) is 17.9 Å². The van der Waals surface area contributed by atoms with Crippen molar-refractivity contribution in [2.45, 2.75) is 45.4 Å². The number of fused-ring (bicyclic) bond motifs is 1. The quantitative estimate of drug-likeness (QED) is 0.461. The standard InChI is InChI=1S/C20H26O3/c1-3-4-5-6-7-10-15-23-20(21)19-17-12-9-8-11-16(17)13-14-18(19)22-2/h8-9,11-14H,3-7,10,15H2,1-2H3. The maximum atomic E-state index is 12.5. The second kappa shape index (κ2) is 9.19. The minimum Gasteiger partial charge on any atom is -0.496 e. The fourth-order valence-electron chi connectivity index (χ4n) is 2.75. The molecule has 0 aliphatic carbocycles. The Hall–Kier alpha value is -2.03. The first kappa shape index (κ1) is 17.3. The molecule has 0 aliphatic rings. The molecule has 124 valence electrons. The highest BCUT2D eigenvalue weighted by Crippen LogP contribution is 2.28. The van der Waals surface area contributed by atoms with Crippen LogP contribution in [0.2, 0.25) is 0 Å². The molecule has 0 saturated heterocycles. The van der Waals surface area contributed by atoms with Crippen molar-refractivity contribution < 1.29 is 14.3 Å². The lowest BCUT2D eigenvalue weighted by Gasteiger charge is -2.11. The van der Waals surface area contributed by atoms with Crippen molar-refractivity contribution in [3.8, 4) is 5.75 Å². The first-order chi connectivity index (χ1) is 11.3. The van der Waals surface area contributed by atoms with Crippen LogP contribution < -0.4 is 4.74 Å². The predicted octanol–water partition coefficient (Wildman–Crippen LogP) is 5.37. The highest BCUT2D eigenvalue weighted by Gasteiger charge is 2.17. The van der Waals surface area contributed by atoms with Crippen LogP contribution in [-0.4, -0.2) is 19.7 Å². The van der Waals surface area contributed by atoms with Gasteiger partial charge in [0.2, 0.25) is 0 Å². The van der Waals surface area contributed by atoms with Crippen LogP contribution in [0.15, 0.2) is 36.4 Å². The summed E-state index contributed by atoms with van der Waals surface area (Å²) in [6.07, 6.45) is 7.04. The average Bonchev–Trinajstić information content (AvgIpc) is 2.59. The van der Waals surface area contributed by atoms with Gasteiger partial charge >= 0.3 is 5.97 Å². The van der Waals surface area contributed by atoms with Gasteiger partial charge in [0.25, 0.3) is 0 Å². The summed E-state index contributed by atoms with van der Waals surface area (Å²) in [6, 6.07) is 11.6. The molecule has 0 fully saturated rings. The van der Waals surface area contributed by atoms with Crippen LogP contribution in [0.25, 0.3) is 10.8 Å². The number of ether oxygens (including phenoxy) is 2. The Morgan fingerprint density at radius 3 is 2.48 bits per heavy atom. The zero-order valence-corrected chi connectivity index (χ0v) is 14.1. The third-order valence-corrected chi connectivity index (χ3v) is 4.05. The molecule has 0 N–H and O–H groups in total. The van der Waals surface area contributed by atoms with Gasteiger partial charge in [-0.1, -0.05) is 69.4 Å². The van der Waals surface area contributed by atoms with E-state index >= 15 is 0 Å². The first-order valence-electron chi connectivity index (χ1n) is 8.50. The largest absolute Gasteiger partial charge is 0.496 e. The van der Waals surface area contributed by atoms with Crippen LogP contribution >= 0.6 is 0 Å². The minimum absolute atomic E-state index is 0.299. The summed E-state index contributed by atoms with van der Waals surface area (Å²) >= 11 is 0. The number of rotatable bonds is 9. The second-order valence-electron chi connectivity index (χ2n) is 5.77. The van der Waals surface area contributed by atoms with Crippen LogP contribution in [0.4, 0.5) is 0 Å². The number of esters is 1. The summed E-state index contributed by atoms with van der Waals surface area (Å²) in [5, 5.41) is 1.89. The van der Waals surface area contributed by atoms with E-state index in [1.54, 1.807) is 7.11 Å². The topological polar surface area (TPSA) is 35.5 Å². The van der Waals surface area contributed by atoms with Crippen LogP contribution in [0.5, 0.6) is 5.75 Å². The van der Waals surface area contributed by atoms with Gasteiger partial charge in [0, 0.05) is 0 Å². The van der Waals surface area contributed by atoms with Crippen LogP contribution in [0.1, 0.15) is 55.8 Å². The third-order valence-electron chi connectivity index (χ3n) is 4.05. The van der Waals surface area contributed by atoms with Crippen LogP contribution in [-0.2, 0) is 4.74 Å². The van der Waals surface area contributed by atoms with Crippen LogP contribution in [0.3, 0.4) is 0 Å². The zero-order chi connectivity index (χ0) is 16.5. The SMILES string of the molecule is CCCCCCCCOC(=O)c1c(OC)ccc2ccccc12. The van der Waals surface area contributed by atoms with Gasteiger partial charge in [-0.05, 0) is 23.3 Å². The van der Waals surface area contributed by atoms with Crippen molar-refractivity contribution >= 4 is 16.7 Å². The Balaban J connectivity index is 1.97. The molecule has 2 aromatic carbocycles. The van der Waals surface area contributed by atoms with Crippen molar-refractivity contribution in [3.63, 3.8) is 0 Å². The van der Waals surface area contributed by atoms with E-state index in [-0.39, 0.29) is 5.97 Å². The van der Waals surface area contributed by atoms with E-state index in [2.05, 4.69) is 6.92 Å². The maximum absolute atomic E-state index is 12.5. The Morgan fingerprint density at radius 1 is 0.957 bits per heavy atom. The van der Waals surface area contributed by atoms with Gasteiger partial charge in [0.05, 0.1) is 13.7 Å². The fourth-order valence-corrected chi connectivity index (χ4v) is 2.75. The van der Waals surface area contributed by atoms with E-state index in [1.165, 1.54) is 25.7 Å². The number of carbonyl (C=O) groups is 1. The Kier molecular flexibility index (Phi) is 6.92. The predicted molar refractivity (Wildman–Crippen MR) is 94.2 cm³/mol. The van der Waals surface area contributed by atoms with Crippen molar-refractivity contribution in [1.82, 2.24) is 0 Å². The van der Waals surface area contributed by atoms with Crippen LogP contribution in [0, 0.1) is 0 Å². The molecule has 0 saturated carbocycles. The molecule has 3 nitrogen and oxygen atoms in total. The van der Waals surface area contributed by atoms with Gasteiger partial charge in [-0.2, -0.15) is 0 Å². The summed E-state index contributed by atoms with van der Waals surface area (Å²) in [7, 11) is 1.58. The monoisotopic (exact) mass is 314 g/mol. The Bertz CT molecular complexity index is 634. The molecule has 0 radical (unpaired) electrons. The van der Waals surface area contributed by atoms with Gasteiger partial charge in [0.1, 0.15) is 11.3 Å². The Morgan fingerprint density at radius 2 is 1.70 bits per heavy atom. The Labute approximate surface area is 138 Å². The summed E-state index contributed by atoms with van der Waals surface area (Å²) < 4.78 is 10.8. The lowest BCUT2D eigenvalue weighted by atomic mass is 10.0. The molecule has 3 heteroatoms. The lowest BCUT2D eigenvalue weighted by Crippen LogP contribution is -2.09. The van der Waals surface area contributed by atoms with E-state index in [1.807, 2.05) is 36.4 Å². The smallest absolute Gasteiger partial charge is 0.342 e. The number of unbranched alkanes of at least 4 members (excludes halogenated alkanes) is 5. The van der Waals surface area contributed by atoms with Gasteiger partial charge in [-0.15, -0.1) is 0 Å². The average molecular weight is 314 g/mol. The van der Waals surface area contributed by atoms with E-state index in [9.17, 15) is 4.79 Å². The van der Waals surface area contributed by atoms with Gasteiger partial charge in [0.15, 0.2) is 0 Å². The molecule has 0 aromatic heterocycles. The molecular weight excluding hydrogens is 288 g/mol. The molecule has 0 amide bonds. The molecule has 2 rings (SSSR count). The molecule has 0 spiro atoms. The maximum Gasteiger partial charge on any atom is 0.342 e. The minimum atomic E-state index is -0.299. The normalized spacial score (nSPS) is 10.7. The fraction of sp³-hybridized carbons (Fsp3) is 0.450. The molecule has 0 bridgehead atoms. The number of hydrogen-bond donors (Lipinski definition) is 0. The first-order valence-corrected chi connectivity index (χ1v) is 8.50. The number of hydrogen-bond acceptors (Lipinski definition) is 3. The zero-order valence-electron chi connectivity index (χ0n) is 14.1. The van der Waals surface area contributed by atoms with E-state index in [0.717, 1.165) is 23.6 Å². The van der Waals surface area contributed by atoms with Gasteiger partial charge in [-0.3, -0.25) is 0 Å². The molecule has 0 atom stereocenters. The highest BCUT2D eigenvalue weighted by molar-refractivity contribution is 6.07. The van der Waals surface area contributed by atoms with E-state index in [4.69, 9.17) is 9.47 Å². The van der Waals surface area contributed by atoms with Crippen molar-refractivity contribution in [2.24, 2.45) is 0 Å². The molecule has 2 aromatic rings. The van der Waals surface area contributed by atoms with Gasteiger partial charge < -0.3 is 9.47 Å². The second-order valence-corrected chi connectivity index (χ2v) is 5.77. The molecule has 0 aliphatic heterocycles. The molecule has 23 heavy (non-hydrogen) atoms. The summed E-state index contributed by atoms with van der Waals surface area (Å²) in [6.45, 7) is 2.68. The molecular formula is C20H26O3. The highest BCUT2D eigenvalue weighted by atomic mass is 16.5. The van der Waals surface area contributed by atoms with Crippen molar-refractivity contribution in [1.29, 1.82) is 0 Å². The molecule has 0 unspecified atom stereocenters. The lowest BCUT2D eigenvalue weighted by molar-refractivity contribution is 0.0496. The number of benzene rings is 2. The summed E-state index contributed by atoms with van der Waals surface area (Å²) in [5.74, 6) is 0.267. The number of carbonyl (C=O) groups excluding carboxylic acids is 1. The number of methoxy groups -OCH3 is 1. The molecule has 0 heterocycles. The third kappa shape index (κ3) is 4.72. The van der Waals surface area contributed by atoms with E-state index < -0.39 is 0 Å². The summed E-state index contributed by atoms with van der Waals surface area (Å²) in [4.78, 5) is 12.5. The van der Waals surface area contributed by atoms with Crippen molar-refractivity contribution in [2.75, 3.05) is 13.7 Å². The van der Waals surface area contributed by atoms with Crippen molar-refractivity contribution in [3.05, 3.63) is 42.0 Å².